The molecule has 96 valence electrons. The summed E-state index contributed by atoms with van der Waals surface area (Å²) >= 11 is 0. The number of hydrogen-bond acceptors (Lipinski definition) is 4. The number of nitrogens with one attached hydrogen (secondary N) is 1. The van der Waals surface area contributed by atoms with E-state index in [1.165, 1.54) is 12.8 Å². The van der Waals surface area contributed by atoms with Gasteiger partial charge in [-0.1, -0.05) is 6.92 Å². The van der Waals surface area contributed by atoms with Crippen molar-refractivity contribution in [2.24, 2.45) is 17.6 Å². The maximum Gasteiger partial charge on any atom is 0.0659 e. The van der Waals surface area contributed by atoms with E-state index in [-0.39, 0.29) is 24.1 Å². The molecular weight excluding hydrogens is 204 g/mol. The Hall–Kier alpha value is -0.160. The molecule has 0 radical (unpaired) electrons. The maximum atomic E-state index is 9.16. The van der Waals surface area contributed by atoms with Crippen LogP contribution in [0.4, 0.5) is 0 Å². The van der Waals surface area contributed by atoms with Gasteiger partial charge in [0.2, 0.25) is 0 Å². The molecule has 0 heterocycles. The van der Waals surface area contributed by atoms with Crippen LogP contribution >= 0.6 is 0 Å². The van der Waals surface area contributed by atoms with E-state index in [9.17, 15) is 0 Å². The first-order chi connectivity index (χ1) is 7.59. The van der Waals surface area contributed by atoms with Gasteiger partial charge < -0.3 is 20.9 Å². The summed E-state index contributed by atoms with van der Waals surface area (Å²) < 4.78 is 5.31. The van der Waals surface area contributed by atoms with Gasteiger partial charge in [0.25, 0.3) is 0 Å². The minimum absolute atomic E-state index is 0.0996. The summed E-state index contributed by atoms with van der Waals surface area (Å²) in [5, 5.41) is 12.7. The zero-order chi connectivity index (χ0) is 12.2. The molecule has 1 saturated carbocycles. The number of hydrogen-bond donors (Lipinski definition) is 3. The van der Waals surface area contributed by atoms with E-state index in [0.717, 1.165) is 0 Å². The molecule has 4 N–H and O–H groups in total. The van der Waals surface area contributed by atoms with Crippen molar-refractivity contribution in [3.8, 4) is 0 Å². The number of aliphatic hydroxyl groups excluding tert-OH is 1. The summed E-state index contributed by atoms with van der Waals surface area (Å²) in [6.07, 6.45) is 2.46. The van der Waals surface area contributed by atoms with E-state index in [1.54, 1.807) is 7.11 Å². The topological polar surface area (TPSA) is 67.5 Å². The third-order valence-electron chi connectivity index (χ3n) is 3.78. The van der Waals surface area contributed by atoms with Gasteiger partial charge in [0.05, 0.1) is 12.1 Å². The van der Waals surface area contributed by atoms with Crippen LogP contribution in [-0.4, -0.2) is 43.6 Å². The van der Waals surface area contributed by atoms with Gasteiger partial charge >= 0.3 is 0 Å². The third-order valence-corrected chi connectivity index (χ3v) is 3.78. The van der Waals surface area contributed by atoms with Crippen LogP contribution in [0.2, 0.25) is 0 Å². The SMILES string of the molecule is COCC(CN)(NC(C)C(C)CO)C1CC1. The van der Waals surface area contributed by atoms with E-state index >= 15 is 0 Å². The molecule has 4 heteroatoms. The normalized spacial score (nSPS) is 23.8. The van der Waals surface area contributed by atoms with E-state index < -0.39 is 0 Å². The second-order valence-electron chi connectivity index (χ2n) is 5.16. The highest BCUT2D eigenvalue weighted by molar-refractivity contribution is 5.03. The smallest absolute Gasteiger partial charge is 0.0659 e. The quantitative estimate of drug-likeness (QED) is 0.563. The van der Waals surface area contributed by atoms with Crippen LogP contribution in [0.3, 0.4) is 0 Å². The Morgan fingerprint density at radius 2 is 2.12 bits per heavy atom. The van der Waals surface area contributed by atoms with Crippen LogP contribution in [0.25, 0.3) is 0 Å². The zero-order valence-electron chi connectivity index (χ0n) is 10.7. The number of aliphatic hydroxyl groups is 1. The molecule has 0 spiro atoms. The summed E-state index contributed by atoms with van der Waals surface area (Å²) in [5.74, 6) is 0.868. The molecule has 0 aliphatic heterocycles. The van der Waals surface area contributed by atoms with E-state index in [2.05, 4.69) is 12.2 Å². The predicted molar refractivity (Wildman–Crippen MR) is 65.2 cm³/mol. The van der Waals surface area contributed by atoms with E-state index in [4.69, 9.17) is 15.6 Å². The molecule has 1 rings (SSSR count). The van der Waals surface area contributed by atoms with E-state index in [0.29, 0.717) is 19.1 Å². The second kappa shape index (κ2) is 5.96. The first kappa shape index (κ1) is 13.9. The van der Waals surface area contributed by atoms with Gasteiger partial charge in [0.1, 0.15) is 0 Å². The largest absolute Gasteiger partial charge is 0.396 e. The number of ether oxygens (including phenoxy) is 1. The minimum Gasteiger partial charge on any atom is -0.396 e. The minimum atomic E-state index is -0.0996. The maximum absolute atomic E-state index is 9.16. The predicted octanol–water partition coefficient (Wildman–Crippen LogP) is 0.347. The third kappa shape index (κ3) is 3.17. The molecule has 4 nitrogen and oxygen atoms in total. The highest BCUT2D eigenvalue weighted by atomic mass is 16.5. The summed E-state index contributed by atoms with van der Waals surface area (Å²) in [6.45, 7) is 5.58. The van der Waals surface area contributed by atoms with Gasteiger partial charge in [-0.3, -0.25) is 0 Å². The monoisotopic (exact) mass is 230 g/mol. The molecule has 1 fully saturated rings. The molecular formula is C12H26N2O2. The van der Waals surface area contributed by atoms with Gasteiger partial charge in [-0.05, 0) is 31.6 Å². The van der Waals surface area contributed by atoms with Crippen molar-refractivity contribution in [3.05, 3.63) is 0 Å². The Kier molecular flexibility index (Phi) is 5.18. The van der Waals surface area contributed by atoms with Crippen molar-refractivity contribution in [1.82, 2.24) is 5.32 Å². The fraction of sp³-hybridized carbons (Fsp3) is 1.00. The van der Waals surface area contributed by atoms with E-state index in [1.807, 2.05) is 6.92 Å². The molecule has 1 aliphatic carbocycles. The fourth-order valence-corrected chi connectivity index (χ4v) is 2.21. The molecule has 0 aromatic carbocycles. The Labute approximate surface area is 98.5 Å². The average Bonchev–Trinajstić information content (AvgIpc) is 3.11. The molecule has 0 aromatic rings. The number of rotatable bonds is 8. The Balaban J connectivity index is 2.61. The van der Waals surface area contributed by atoms with Gasteiger partial charge in [0, 0.05) is 26.3 Å². The highest BCUT2D eigenvalue weighted by Crippen LogP contribution is 2.40. The number of methoxy groups -OCH3 is 1. The summed E-state index contributed by atoms with van der Waals surface area (Å²) in [4.78, 5) is 0. The lowest BCUT2D eigenvalue weighted by molar-refractivity contribution is 0.0791. The molecule has 0 amide bonds. The Morgan fingerprint density at radius 3 is 2.50 bits per heavy atom. The first-order valence-electron chi connectivity index (χ1n) is 6.17. The highest BCUT2D eigenvalue weighted by Gasteiger charge is 2.45. The van der Waals surface area contributed by atoms with Crippen molar-refractivity contribution >= 4 is 0 Å². The molecule has 1 aliphatic rings. The lowest BCUT2D eigenvalue weighted by atomic mass is 9.91. The molecule has 3 atom stereocenters. The fourth-order valence-electron chi connectivity index (χ4n) is 2.21. The zero-order valence-corrected chi connectivity index (χ0v) is 10.7. The Bertz CT molecular complexity index is 209. The van der Waals surface area contributed by atoms with Gasteiger partial charge in [0.15, 0.2) is 0 Å². The molecule has 0 bridgehead atoms. The van der Waals surface area contributed by atoms with Gasteiger partial charge in [-0.15, -0.1) is 0 Å². The lowest BCUT2D eigenvalue weighted by Gasteiger charge is -2.38. The first-order valence-corrected chi connectivity index (χ1v) is 6.17. The lowest BCUT2D eigenvalue weighted by Crippen LogP contribution is -2.60. The van der Waals surface area contributed by atoms with Crippen LogP contribution in [0.5, 0.6) is 0 Å². The van der Waals surface area contributed by atoms with Crippen molar-refractivity contribution in [3.63, 3.8) is 0 Å². The van der Waals surface area contributed by atoms with Crippen LogP contribution < -0.4 is 11.1 Å². The van der Waals surface area contributed by atoms with Gasteiger partial charge in [-0.2, -0.15) is 0 Å². The van der Waals surface area contributed by atoms with Crippen LogP contribution in [-0.2, 0) is 4.74 Å². The van der Waals surface area contributed by atoms with Crippen molar-refractivity contribution in [1.29, 1.82) is 0 Å². The Morgan fingerprint density at radius 1 is 1.50 bits per heavy atom. The van der Waals surface area contributed by atoms with Crippen LogP contribution in [0.1, 0.15) is 26.7 Å². The number of nitrogens with two attached hydrogens (primary N) is 1. The van der Waals surface area contributed by atoms with Gasteiger partial charge in [-0.25, -0.2) is 0 Å². The molecule has 0 aromatic heterocycles. The van der Waals surface area contributed by atoms with Crippen molar-refractivity contribution in [2.45, 2.75) is 38.3 Å². The standard InChI is InChI=1S/C12H26N2O2/c1-9(6-15)10(2)14-12(7-13,8-16-3)11-4-5-11/h9-11,14-15H,4-8,13H2,1-3H3. The molecule has 0 saturated heterocycles. The van der Waals surface area contributed by atoms with Crippen molar-refractivity contribution in [2.75, 3.05) is 26.9 Å². The molecule has 16 heavy (non-hydrogen) atoms. The summed E-state index contributed by atoms with van der Waals surface area (Å²) in [7, 11) is 1.72. The van der Waals surface area contributed by atoms with Crippen LogP contribution in [0, 0.1) is 11.8 Å². The van der Waals surface area contributed by atoms with Crippen LogP contribution in [0.15, 0.2) is 0 Å². The summed E-state index contributed by atoms with van der Waals surface area (Å²) in [5.41, 5.74) is 5.82. The average molecular weight is 230 g/mol. The molecule has 3 unspecified atom stereocenters. The van der Waals surface area contributed by atoms with Crippen molar-refractivity contribution < 1.29 is 9.84 Å². The second-order valence-corrected chi connectivity index (χ2v) is 5.16. The summed E-state index contributed by atoms with van der Waals surface area (Å²) in [6, 6.07) is 0.254.